The predicted molar refractivity (Wildman–Crippen MR) is 60.7 cm³/mol. The summed E-state index contributed by atoms with van der Waals surface area (Å²) in [4.78, 5) is 0. The first-order valence-corrected chi connectivity index (χ1v) is 5.70. The quantitative estimate of drug-likeness (QED) is 0.542. The van der Waals surface area contributed by atoms with Gasteiger partial charge in [-0.15, -0.1) is 0 Å². The molecule has 0 saturated heterocycles. The molecule has 0 aliphatic heterocycles. The van der Waals surface area contributed by atoms with Gasteiger partial charge in [0.25, 0.3) is 0 Å². The fraction of sp³-hybridized carbons (Fsp3) is 0.833. The molecule has 0 spiro atoms. The third-order valence-corrected chi connectivity index (χ3v) is 4.30. The van der Waals surface area contributed by atoms with Gasteiger partial charge in [-0.05, 0) is 19.3 Å². The Hall–Kier alpha value is -0.420. The van der Waals surface area contributed by atoms with Gasteiger partial charge in [0.1, 0.15) is 0 Å². The molecule has 2 aliphatic carbocycles. The third-order valence-electron chi connectivity index (χ3n) is 4.30. The van der Waals surface area contributed by atoms with Crippen molar-refractivity contribution in [1.82, 2.24) is 0 Å². The summed E-state index contributed by atoms with van der Waals surface area (Å²) in [6.07, 6.45) is 5.17. The summed E-state index contributed by atoms with van der Waals surface area (Å²) in [6.45, 7) is 1.88. The summed E-state index contributed by atoms with van der Waals surface area (Å²) >= 11 is 0. The molecule has 3 unspecified atom stereocenters. The molecule has 16 heavy (non-hydrogen) atoms. The van der Waals surface area contributed by atoms with E-state index in [4.69, 9.17) is 15.2 Å². The van der Waals surface area contributed by atoms with Crippen LogP contribution in [0.1, 0.15) is 13.3 Å². The maximum absolute atomic E-state index is 9.37. The standard InChI is InChI=1S/C12H21NO3/c1-11(13,7-14)10-6-8-4-5-9(10)12(8,15-2)16-3/h4-5,8-10,14H,6-7,13H2,1-3H3/t8?,9?,10?,11-/m1/s1. The van der Waals surface area contributed by atoms with E-state index in [0.29, 0.717) is 0 Å². The van der Waals surface area contributed by atoms with Crippen LogP contribution in [0.2, 0.25) is 0 Å². The van der Waals surface area contributed by atoms with E-state index in [-0.39, 0.29) is 24.4 Å². The van der Waals surface area contributed by atoms with Crippen LogP contribution >= 0.6 is 0 Å². The number of nitrogens with two attached hydrogens (primary N) is 1. The zero-order valence-corrected chi connectivity index (χ0v) is 10.1. The van der Waals surface area contributed by atoms with Gasteiger partial charge in [-0.2, -0.15) is 0 Å². The highest BCUT2D eigenvalue weighted by Crippen LogP contribution is 2.55. The lowest BCUT2D eigenvalue weighted by Gasteiger charge is -2.37. The fourth-order valence-corrected chi connectivity index (χ4v) is 3.30. The maximum atomic E-state index is 9.37. The second-order valence-corrected chi connectivity index (χ2v) is 5.15. The Morgan fingerprint density at radius 1 is 1.44 bits per heavy atom. The molecule has 1 fully saturated rings. The van der Waals surface area contributed by atoms with Crippen LogP contribution in [0.5, 0.6) is 0 Å². The van der Waals surface area contributed by atoms with Crippen molar-refractivity contribution in [3.8, 4) is 0 Å². The molecule has 1 saturated carbocycles. The van der Waals surface area contributed by atoms with Crippen molar-refractivity contribution in [3.05, 3.63) is 12.2 Å². The average molecular weight is 227 g/mol. The minimum atomic E-state index is -0.577. The number of hydrogen-bond donors (Lipinski definition) is 2. The van der Waals surface area contributed by atoms with E-state index in [9.17, 15) is 5.11 Å². The van der Waals surface area contributed by atoms with Crippen LogP contribution in [-0.4, -0.2) is 37.3 Å². The first-order valence-electron chi connectivity index (χ1n) is 5.70. The van der Waals surface area contributed by atoms with E-state index in [2.05, 4.69) is 12.2 Å². The molecule has 0 heterocycles. The summed E-state index contributed by atoms with van der Waals surface area (Å²) in [6, 6.07) is 0. The number of hydrogen-bond acceptors (Lipinski definition) is 4. The van der Waals surface area contributed by atoms with Gasteiger partial charge in [-0.3, -0.25) is 0 Å². The lowest BCUT2D eigenvalue weighted by Crippen LogP contribution is -2.51. The van der Waals surface area contributed by atoms with Crippen LogP contribution in [-0.2, 0) is 9.47 Å². The highest BCUT2D eigenvalue weighted by atomic mass is 16.7. The van der Waals surface area contributed by atoms with E-state index in [0.717, 1.165) is 6.42 Å². The molecule has 0 aromatic carbocycles. The number of fused-ring (bicyclic) bond motifs is 2. The molecule has 4 heteroatoms. The number of rotatable bonds is 4. The van der Waals surface area contributed by atoms with Gasteiger partial charge in [0.15, 0.2) is 5.79 Å². The number of methoxy groups -OCH3 is 2. The fourth-order valence-electron chi connectivity index (χ4n) is 3.30. The minimum absolute atomic E-state index is 0.0156. The van der Waals surface area contributed by atoms with E-state index >= 15 is 0 Å². The van der Waals surface area contributed by atoms with Crippen LogP contribution in [0.4, 0.5) is 0 Å². The van der Waals surface area contributed by atoms with Crippen LogP contribution in [0.25, 0.3) is 0 Å². The van der Waals surface area contributed by atoms with Gasteiger partial charge in [-0.25, -0.2) is 0 Å². The van der Waals surface area contributed by atoms with Crippen LogP contribution < -0.4 is 5.73 Å². The summed E-state index contributed by atoms with van der Waals surface area (Å²) in [5.41, 5.74) is 5.57. The van der Waals surface area contributed by atoms with Crippen molar-refractivity contribution in [2.45, 2.75) is 24.7 Å². The largest absolute Gasteiger partial charge is 0.394 e. The molecule has 2 bridgehead atoms. The van der Waals surface area contributed by atoms with Crippen molar-refractivity contribution >= 4 is 0 Å². The Labute approximate surface area is 96.4 Å². The molecule has 0 amide bonds. The second-order valence-electron chi connectivity index (χ2n) is 5.15. The zero-order valence-electron chi connectivity index (χ0n) is 10.1. The molecule has 2 aliphatic rings. The van der Waals surface area contributed by atoms with Gasteiger partial charge < -0.3 is 20.3 Å². The third kappa shape index (κ3) is 1.37. The number of aliphatic hydroxyl groups excluding tert-OH is 1. The molecule has 4 nitrogen and oxygen atoms in total. The summed E-state index contributed by atoms with van der Waals surface area (Å²) < 4.78 is 11.2. The van der Waals surface area contributed by atoms with Crippen molar-refractivity contribution in [2.24, 2.45) is 23.5 Å². The Bertz CT molecular complexity index is 297. The zero-order chi connectivity index (χ0) is 12.0. The molecule has 0 radical (unpaired) electrons. The molecule has 92 valence electrons. The van der Waals surface area contributed by atoms with Gasteiger partial charge in [0, 0.05) is 31.6 Å². The highest BCUT2D eigenvalue weighted by Gasteiger charge is 2.60. The second kappa shape index (κ2) is 3.81. The Balaban J connectivity index is 2.28. The number of aliphatic hydroxyl groups is 1. The van der Waals surface area contributed by atoms with E-state index in [1.807, 2.05) is 6.92 Å². The predicted octanol–water partition coefficient (Wildman–Crippen LogP) is 0.507. The van der Waals surface area contributed by atoms with Gasteiger partial charge in [0.2, 0.25) is 0 Å². The summed E-state index contributed by atoms with van der Waals surface area (Å²) in [7, 11) is 3.34. The topological polar surface area (TPSA) is 64.7 Å². The Morgan fingerprint density at radius 2 is 2.06 bits per heavy atom. The smallest absolute Gasteiger partial charge is 0.180 e. The van der Waals surface area contributed by atoms with Crippen LogP contribution in [0.3, 0.4) is 0 Å². The summed E-state index contributed by atoms with van der Waals surface area (Å²) in [5.74, 6) is 0.00877. The van der Waals surface area contributed by atoms with Crippen LogP contribution in [0.15, 0.2) is 12.2 Å². The van der Waals surface area contributed by atoms with E-state index < -0.39 is 11.3 Å². The minimum Gasteiger partial charge on any atom is -0.394 e. The normalized spacial score (nSPS) is 38.9. The lowest BCUT2D eigenvalue weighted by atomic mass is 9.78. The van der Waals surface area contributed by atoms with Crippen LogP contribution in [0, 0.1) is 17.8 Å². The Kier molecular flexibility index (Phi) is 2.87. The van der Waals surface area contributed by atoms with E-state index in [1.165, 1.54) is 0 Å². The molecule has 0 aromatic heterocycles. The molecule has 4 atom stereocenters. The molecular weight excluding hydrogens is 206 g/mol. The summed E-state index contributed by atoms with van der Waals surface area (Å²) in [5, 5.41) is 9.37. The highest BCUT2D eigenvalue weighted by molar-refractivity contribution is 5.22. The van der Waals surface area contributed by atoms with Crippen molar-refractivity contribution in [2.75, 3.05) is 20.8 Å². The lowest BCUT2D eigenvalue weighted by molar-refractivity contribution is -0.233. The molecular formula is C12H21NO3. The van der Waals surface area contributed by atoms with Gasteiger partial charge in [-0.1, -0.05) is 12.2 Å². The van der Waals surface area contributed by atoms with Crippen molar-refractivity contribution in [3.63, 3.8) is 0 Å². The SMILES string of the molecule is COC1(OC)C2C=CC1C([C@](C)(N)CO)C2. The van der Waals surface area contributed by atoms with E-state index in [1.54, 1.807) is 14.2 Å². The van der Waals surface area contributed by atoms with Gasteiger partial charge >= 0.3 is 0 Å². The molecule has 3 N–H and O–H groups in total. The average Bonchev–Trinajstić information content (AvgIpc) is 2.81. The van der Waals surface area contributed by atoms with Crippen molar-refractivity contribution in [1.29, 1.82) is 0 Å². The maximum Gasteiger partial charge on any atom is 0.180 e. The molecule has 2 rings (SSSR count). The monoisotopic (exact) mass is 227 g/mol. The number of ether oxygens (including phenoxy) is 2. The Morgan fingerprint density at radius 3 is 2.50 bits per heavy atom. The van der Waals surface area contributed by atoms with Crippen molar-refractivity contribution < 1.29 is 14.6 Å². The first-order chi connectivity index (χ1) is 7.51. The molecule has 0 aromatic rings. The van der Waals surface area contributed by atoms with Gasteiger partial charge in [0.05, 0.1) is 6.61 Å². The first kappa shape index (κ1) is 12.0.